The Bertz CT molecular complexity index is 306. The highest BCUT2D eigenvalue weighted by Crippen LogP contribution is 2.12. The van der Waals surface area contributed by atoms with Gasteiger partial charge < -0.3 is 10.6 Å². The minimum atomic E-state index is -0.0603. The maximum Gasteiger partial charge on any atom is 0.239 e. The Morgan fingerprint density at radius 2 is 2.36 bits per heavy atom. The smallest absolute Gasteiger partial charge is 0.239 e. The van der Waals surface area contributed by atoms with Gasteiger partial charge in [-0.25, -0.2) is 4.68 Å². The quantitative estimate of drug-likeness (QED) is 0.742. The monoisotopic (exact) mass is 196 g/mol. The SMILES string of the molecule is CNCC(=O)Nc1ccnn1C(C)C. The maximum atomic E-state index is 11.3. The molecule has 2 N–H and O–H groups in total. The van der Waals surface area contributed by atoms with Gasteiger partial charge in [0.25, 0.3) is 0 Å². The van der Waals surface area contributed by atoms with Crippen LogP contribution < -0.4 is 10.6 Å². The van der Waals surface area contributed by atoms with E-state index in [9.17, 15) is 4.79 Å². The van der Waals surface area contributed by atoms with Crippen LogP contribution in [-0.2, 0) is 4.79 Å². The van der Waals surface area contributed by atoms with Crippen LogP contribution in [0.25, 0.3) is 0 Å². The summed E-state index contributed by atoms with van der Waals surface area (Å²) in [6.45, 7) is 4.34. The van der Waals surface area contributed by atoms with Gasteiger partial charge in [-0.1, -0.05) is 0 Å². The molecule has 0 aromatic carbocycles. The number of carbonyl (C=O) groups excluding carboxylic acids is 1. The summed E-state index contributed by atoms with van der Waals surface area (Å²) in [4.78, 5) is 11.3. The summed E-state index contributed by atoms with van der Waals surface area (Å²) in [5.74, 6) is 0.676. The van der Waals surface area contributed by atoms with Crippen molar-refractivity contribution in [2.24, 2.45) is 0 Å². The van der Waals surface area contributed by atoms with Crippen LogP contribution in [0, 0.1) is 0 Å². The van der Waals surface area contributed by atoms with Crippen LogP contribution in [0.4, 0.5) is 5.82 Å². The Morgan fingerprint density at radius 3 is 2.93 bits per heavy atom. The van der Waals surface area contributed by atoms with E-state index in [0.29, 0.717) is 6.54 Å². The fourth-order valence-electron chi connectivity index (χ4n) is 1.17. The Hall–Kier alpha value is -1.36. The molecule has 0 spiro atoms. The van der Waals surface area contributed by atoms with Crippen molar-refractivity contribution >= 4 is 11.7 Å². The van der Waals surface area contributed by atoms with E-state index in [4.69, 9.17) is 0 Å². The number of amides is 1. The van der Waals surface area contributed by atoms with E-state index in [1.807, 2.05) is 13.8 Å². The average Bonchev–Trinajstić information content (AvgIpc) is 2.52. The molecule has 0 atom stereocenters. The van der Waals surface area contributed by atoms with Crippen molar-refractivity contribution in [2.75, 3.05) is 18.9 Å². The van der Waals surface area contributed by atoms with E-state index in [0.717, 1.165) is 5.82 Å². The summed E-state index contributed by atoms with van der Waals surface area (Å²) >= 11 is 0. The first-order valence-corrected chi connectivity index (χ1v) is 4.63. The highest BCUT2D eigenvalue weighted by molar-refractivity contribution is 5.91. The molecule has 1 aromatic heterocycles. The Labute approximate surface area is 83.5 Å². The van der Waals surface area contributed by atoms with E-state index >= 15 is 0 Å². The number of nitrogens with one attached hydrogen (secondary N) is 2. The zero-order valence-corrected chi connectivity index (χ0v) is 8.74. The molecule has 5 heteroatoms. The molecule has 1 amide bonds. The van der Waals surface area contributed by atoms with Crippen molar-refractivity contribution in [3.8, 4) is 0 Å². The van der Waals surface area contributed by atoms with Gasteiger partial charge in [-0.3, -0.25) is 4.79 Å². The van der Waals surface area contributed by atoms with Gasteiger partial charge in [0, 0.05) is 12.1 Å². The molecular weight excluding hydrogens is 180 g/mol. The first-order chi connectivity index (χ1) is 6.65. The Kier molecular flexibility index (Phi) is 3.64. The second-order valence-electron chi connectivity index (χ2n) is 3.33. The van der Waals surface area contributed by atoms with Crippen LogP contribution in [-0.4, -0.2) is 29.3 Å². The zero-order valence-electron chi connectivity index (χ0n) is 8.74. The van der Waals surface area contributed by atoms with Crippen molar-refractivity contribution in [3.63, 3.8) is 0 Å². The fourth-order valence-corrected chi connectivity index (χ4v) is 1.17. The van der Waals surface area contributed by atoms with Gasteiger partial charge in [0.2, 0.25) is 5.91 Å². The summed E-state index contributed by atoms with van der Waals surface area (Å²) in [6.07, 6.45) is 1.68. The first kappa shape index (κ1) is 10.7. The molecule has 0 saturated heterocycles. The summed E-state index contributed by atoms with van der Waals surface area (Å²) in [6, 6.07) is 2.03. The third kappa shape index (κ3) is 2.56. The highest BCUT2D eigenvalue weighted by Gasteiger charge is 2.07. The molecular formula is C9H16N4O. The minimum absolute atomic E-state index is 0.0603. The molecule has 0 aliphatic heterocycles. The average molecular weight is 196 g/mol. The van der Waals surface area contributed by atoms with Crippen molar-refractivity contribution in [1.82, 2.24) is 15.1 Å². The number of nitrogens with zero attached hydrogens (tertiary/aromatic N) is 2. The molecule has 0 bridgehead atoms. The van der Waals surface area contributed by atoms with E-state index in [-0.39, 0.29) is 11.9 Å². The number of aromatic nitrogens is 2. The van der Waals surface area contributed by atoms with Gasteiger partial charge in [-0.05, 0) is 20.9 Å². The van der Waals surface area contributed by atoms with Gasteiger partial charge in [0.15, 0.2) is 0 Å². The molecule has 0 fully saturated rings. The van der Waals surface area contributed by atoms with Gasteiger partial charge in [-0.2, -0.15) is 5.10 Å². The Balaban J connectivity index is 2.66. The lowest BCUT2D eigenvalue weighted by atomic mass is 10.4. The molecule has 0 unspecified atom stereocenters. The van der Waals surface area contributed by atoms with Crippen molar-refractivity contribution in [3.05, 3.63) is 12.3 Å². The lowest BCUT2D eigenvalue weighted by molar-refractivity contribution is -0.115. The zero-order chi connectivity index (χ0) is 10.6. The molecule has 0 saturated carbocycles. The topological polar surface area (TPSA) is 59.0 Å². The summed E-state index contributed by atoms with van der Waals surface area (Å²) in [5, 5.41) is 9.67. The lowest BCUT2D eigenvalue weighted by Crippen LogP contribution is -2.26. The van der Waals surface area contributed by atoms with Gasteiger partial charge >= 0.3 is 0 Å². The lowest BCUT2D eigenvalue weighted by Gasteiger charge is -2.11. The van der Waals surface area contributed by atoms with Gasteiger partial charge in [0.05, 0.1) is 12.7 Å². The standard InChI is InChI=1S/C9H16N4O/c1-7(2)13-8(4-5-11-13)12-9(14)6-10-3/h4-5,7,10H,6H2,1-3H3,(H,12,14). The fraction of sp³-hybridized carbons (Fsp3) is 0.556. The predicted molar refractivity (Wildman–Crippen MR) is 55.2 cm³/mol. The summed E-state index contributed by atoms with van der Waals surface area (Å²) in [5.41, 5.74) is 0. The van der Waals surface area contributed by atoms with E-state index < -0.39 is 0 Å². The van der Waals surface area contributed by atoms with Crippen LogP contribution in [0.1, 0.15) is 19.9 Å². The predicted octanol–water partition coefficient (Wildman–Crippen LogP) is 0.622. The van der Waals surface area contributed by atoms with E-state index in [1.165, 1.54) is 0 Å². The van der Waals surface area contributed by atoms with Crippen LogP contribution in [0.15, 0.2) is 12.3 Å². The van der Waals surface area contributed by atoms with Crippen molar-refractivity contribution in [1.29, 1.82) is 0 Å². The molecule has 0 aliphatic rings. The highest BCUT2D eigenvalue weighted by atomic mass is 16.2. The Morgan fingerprint density at radius 1 is 1.64 bits per heavy atom. The number of hydrogen-bond donors (Lipinski definition) is 2. The molecule has 1 heterocycles. The molecule has 0 radical (unpaired) electrons. The van der Waals surface area contributed by atoms with Crippen LogP contribution in [0.3, 0.4) is 0 Å². The molecule has 1 aromatic rings. The van der Waals surface area contributed by atoms with Crippen LogP contribution >= 0.6 is 0 Å². The third-order valence-corrected chi connectivity index (χ3v) is 1.76. The summed E-state index contributed by atoms with van der Waals surface area (Å²) in [7, 11) is 1.74. The molecule has 78 valence electrons. The number of likely N-dealkylation sites (N-methyl/N-ethyl adjacent to an activating group) is 1. The largest absolute Gasteiger partial charge is 0.311 e. The number of hydrogen-bond acceptors (Lipinski definition) is 3. The third-order valence-electron chi connectivity index (χ3n) is 1.76. The number of anilines is 1. The second kappa shape index (κ2) is 4.76. The normalized spacial score (nSPS) is 10.6. The van der Waals surface area contributed by atoms with E-state index in [2.05, 4.69) is 15.7 Å². The summed E-state index contributed by atoms with van der Waals surface area (Å²) < 4.78 is 1.77. The minimum Gasteiger partial charge on any atom is -0.311 e. The molecule has 14 heavy (non-hydrogen) atoms. The van der Waals surface area contributed by atoms with Gasteiger partial charge in [0.1, 0.15) is 5.82 Å². The van der Waals surface area contributed by atoms with Crippen LogP contribution in [0.2, 0.25) is 0 Å². The number of carbonyl (C=O) groups is 1. The molecule has 0 aliphatic carbocycles. The van der Waals surface area contributed by atoms with Crippen molar-refractivity contribution in [2.45, 2.75) is 19.9 Å². The number of rotatable bonds is 4. The van der Waals surface area contributed by atoms with E-state index in [1.54, 1.807) is 24.0 Å². The first-order valence-electron chi connectivity index (χ1n) is 4.63. The second-order valence-corrected chi connectivity index (χ2v) is 3.33. The molecule has 1 rings (SSSR count). The molecule has 5 nitrogen and oxygen atoms in total. The van der Waals surface area contributed by atoms with Gasteiger partial charge in [-0.15, -0.1) is 0 Å². The maximum absolute atomic E-state index is 11.3. The van der Waals surface area contributed by atoms with Crippen LogP contribution in [0.5, 0.6) is 0 Å². The van der Waals surface area contributed by atoms with Crippen molar-refractivity contribution < 1.29 is 4.79 Å².